The molecule has 31 heavy (non-hydrogen) atoms. The second kappa shape index (κ2) is 9.14. The number of ether oxygens (including phenoxy) is 1. The predicted octanol–water partition coefficient (Wildman–Crippen LogP) is 4.08. The topological polar surface area (TPSA) is 103 Å². The van der Waals surface area contributed by atoms with Gasteiger partial charge in [-0.05, 0) is 70.4 Å². The Balaban J connectivity index is 1.57. The van der Waals surface area contributed by atoms with Crippen LogP contribution in [0.1, 0.15) is 43.9 Å². The van der Waals surface area contributed by atoms with E-state index in [1.54, 1.807) is 0 Å². The maximum absolute atomic E-state index is 8.85. The Hall–Kier alpha value is -3.44. The molecular weight excluding hydrogens is 390 g/mol. The van der Waals surface area contributed by atoms with E-state index in [0.29, 0.717) is 17.6 Å². The third-order valence-corrected chi connectivity index (χ3v) is 5.45. The molecule has 0 saturated carbocycles. The van der Waals surface area contributed by atoms with E-state index in [0.717, 1.165) is 30.1 Å². The predicted molar refractivity (Wildman–Crippen MR) is 119 cm³/mol. The van der Waals surface area contributed by atoms with Gasteiger partial charge < -0.3 is 15.0 Å². The van der Waals surface area contributed by atoms with Crippen LogP contribution in [-0.4, -0.2) is 51.3 Å². The molecule has 0 aliphatic carbocycles. The fourth-order valence-electron chi connectivity index (χ4n) is 3.81. The number of rotatable bonds is 6. The normalized spacial score (nSPS) is 15.1. The van der Waals surface area contributed by atoms with E-state index >= 15 is 0 Å². The Morgan fingerprint density at radius 2 is 1.97 bits per heavy atom. The smallest absolute Gasteiger partial charge is 0.158 e. The van der Waals surface area contributed by atoms with Gasteiger partial charge in [0.25, 0.3) is 0 Å². The molecule has 8 heteroatoms. The summed E-state index contributed by atoms with van der Waals surface area (Å²) in [6.45, 7) is 6.33. The van der Waals surface area contributed by atoms with Crippen molar-refractivity contribution in [1.29, 1.82) is 5.26 Å². The number of hydrogen-bond donors (Lipinski definition) is 2. The van der Waals surface area contributed by atoms with Crippen LogP contribution in [0.4, 0.5) is 11.6 Å². The fourth-order valence-corrected chi connectivity index (χ4v) is 3.81. The van der Waals surface area contributed by atoms with Crippen LogP contribution in [0, 0.1) is 11.3 Å². The standard InChI is InChI=1S/C23H27N7O/c1-15(2)31-21-10-17(16-6-8-30(3)9-7-16)4-5-19(21)20-11-22(29-28-20)27-23-14-25-18(12-24)13-26-23/h4-5,10-11,13-16H,6-9H2,1-3H3,(H2,26,27,28,29). The molecule has 4 rings (SSSR count). The zero-order valence-electron chi connectivity index (χ0n) is 18.1. The van der Waals surface area contributed by atoms with E-state index in [2.05, 4.69) is 55.6 Å². The van der Waals surface area contributed by atoms with Crippen molar-refractivity contribution in [2.75, 3.05) is 25.5 Å². The summed E-state index contributed by atoms with van der Waals surface area (Å²) < 4.78 is 6.17. The number of nitrogens with zero attached hydrogens (tertiary/aromatic N) is 5. The van der Waals surface area contributed by atoms with Crippen LogP contribution in [0.2, 0.25) is 0 Å². The number of nitrogens with one attached hydrogen (secondary N) is 2. The first kappa shape index (κ1) is 20.8. The summed E-state index contributed by atoms with van der Waals surface area (Å²) >= 11 is 0. The Bertz CT molecular complexity index is 1060. The Morgan fingerprint density at radius 1 is 1.16 bits per heavy atom. The summed E-state index contributed by atoms with van der Waals surface area (Å²) in [7, 11) is 2.18. The summed E-state index contributed by atoms with van der Waals surface area (Å²) in [6.07, 6.45) is 5.34. The number of nitriles is 1. The van der Waals surface area contributed by atoms with Crippen LogP contribution in [0.15, 0.2) is 36.7 Å². The molecule has 0 bridgehead atoms. The van der Waals surface area contributed by atoms with Crippen molar-refractivity contribution >= 4 is 11.6 Å². The van der Waals surface area contributed by atoms with Crippen molar-refractivity contribution in [3.05, 3.63) is 47.9 Å². The van der Waals surface area contributed by atoms with Gasteiger partial charge in [0.05, 0.1) is 24.2 Å². The lowest BCUT2D eigenvalue weighted by Gasteiger charge is -2.29. The van der Waals surface area contributed by atoms with E-state index in [9.17, 15) is 0 Å². The molecule has 0 amide bonds. The molecule has 160 valence electrons. The number of benzene rings is 1. The largest absolute Gasteiger partial charge is 0.490 e. The lowest BCUT2D eigenvalue weighted by Crippen LogP contribution is -2.29. The van der Waals surface area contributed by atoms with Gasteiger partial charge in [0.1, 0.15) is 17.6 Å². The van der Waals surface area contributed by atoms with Crippen molar-refractivity contribution in [1.82, 2.24) is 25.1 Å². The molecule has 3 heterocycles. The Labute approximate surface area is 182 Å². The molecule has 1 aliphatic heterocycles. The highest BCUT2D eigenvalue weighted by molar-refractivity contribution is 5.71. The molecule has 0 unspecified atom stereocenters. The van der Waals surface area contributed by atoms with Crippen LogP contribution >= 0.6 is 0 Å². The molecule has 1 aromatic carbocycles. The number of H-pyrrole nitrogens is 1. The van der Waals surface area contributed by atoms with E-state index in [1.807, 2.05) is 26.0 Å². The Kier molecular flexibility index (Phi) is 6.14. The molecule has 8 nitrogen and oxygen atoms in total. The summed E-state index contributed by atoms with van der Waals surface area (Å²) in [5.74, 6) is 2.56. The first-order chi connectivity index (χ1) is 15.0. The van der Waals surface area contributed by atoms with Crippen molar-refractivity contribution in [3.8, 4) is 23.1 Å². The van der Waals surface area contributed by atoms with Gasteiger partial charge in [0.2, 0.25) is 0 Å². The monoisotopic (exact) mass is 417 g/mol. The van der Waals surface area contributed by atoms with Crippen LogP contribution in [0.3, 0.4) is 0 Å². The van der Waals surface area contributed by atoms with Crippen LogP contribution < -0.4 is 10.1 Å². The third-order valence-electron chi connectivity index (χ3n) is 5.45. The number of aromatic amines is 1. The Morgan fingerprint density at radius 3 is 2.65 bits per heavy atom. The molecule has 0 atom stereocenters. The molecule has 1 fully saturated rings. The number of hydrogen-bond acceptors (Lipinski definition) is 7. The number of anilines is 2. The number of likely N-dealkylation sites (tertiary alicyclic amines) is 1. The third kappa shape index (κ3) is 5.01. The van der Waals surface area contributed by atoms with Crippen LogP contribution in [0.25, 0.3) is 11.3 Å². The van der Waals surface area contributed by atoms with Crippen molar-refractivity contribution in [2.45, 2.75) is 38.7 Å². The molecule has 0 spiro atoms. The summed E-state index contributed by atoms with van der Waals surface area (Å²) in [6, 6.07) is 10.4. The minimum Gasteiger partial charge on any atom is -0.490 e. The molecular formula is C23H27N7O. The van der Waals surface area contributed by atoms with Crippen molar-refractivity contribution in [2.24, 2.45) is 0 Å². The van der Waals surface area contributed by atoms with Crippen molar-refractivity contribution in [3.63, 3.8) is 0 Å². The highest BCUT2D eigenvalue weighted by Crippen LogP contribution is 2.36. The average Bonchev–Trinajstić information content (AvgIpc) is 3.22. The van der Waals surface area contributed by atoms with Gasteiger partial charge in [-0.3, -0.25) is 5.10 Å². The zero-order chi connectivity index (χ0) is 21.8. The van der Waals surface area contributed by atoms with Gasteiger partial charge in [-0.15, -0.1) is 0 Å². The van der Waals surface area contributed by atoms with E-state index in [4.69, 9.17) is 10.00 Å². The summed E-state index contributed by atoms with van der Waals surface area (Å²) in [4.78, 5) is 10.6. The molecule has 1 saturated heterocycles. The molecule has 2 aromatic heterocycles. The maximum atomic E-state index is 8.85. The minimum atomic E-state index is 0.0703. The van der Waals surface area contributed by atoms with Crippen LogP contribution in [0.5, 0.6) is 5.75 Å². The first-order valence-electron chi connectivity index (χ1n) is 10.6. The zero-order valence-corrected chi connectivity index (χ0v) is 18.1. The van der Waals surface area contributed by atoms with Crippen LogP contribution in [-0.2, 0) is 0 Å². The average molecular weight is 418 g/mol. The SMILES string of the molecule is CC(C)Oc1cc(C2CCN(C)CC2)ccc1-c1cc(Nc2cnc(C#N)cn2)n[nH]1. The molecule has 0 radical (unpaired) electrons. The second-order valence-electron chi connectivity index (χ2n) is 8.19. The van der Waals surface area contributed by atoms with Gasteiger partial charge >= 0.3 is 0 Å². The molecule has 3 aromatic rings. The fraction of sp³-hybridized carbons (Fsp3) is 0.391. The quantitative estimate of drug-likeness (QED) is 0.623. The number of piperidine rings is 1. The van der Waals surface area contributed by atoms with Crippen molar-refractivity contribution < 1.29 is 4.74 Å². The molecule has 2 N–H and O–H groups in total. The highest BCUT2D eigenvalue weighted by Gasteiger charge is 2.21. The molecule has 1 aliphatic rings. The summed E-state index contributed by atoms with van der Waals surface area (Å²) in [5.41, 5.74) is 3.43. The van der Waals surface area contributed by atoms with E-state index in [-0.39, 0.29) is 11.8 Å². The van der Waals surface area contributed by atoms with Gasteiger partial charge in [0, 0.05) is 11.6 Å². The van der Waals surface area contributed by atoms with E-state index in [1.165, 1.54) is 30.8 Å². The summed E-state index contributed by atoms with van der Waals surface area (Å²) in [5, 5.41) is 19.4. The van der Waals surface area contributed by atoms with Gasteiger partial charge in [0.15, 0.2) is 11.5 Å². The highest BCUT2D eigenvalue weighted by atomic mass is 16.5. The maximum Gasteiger partial charge on any atom is 0.158 e. The second-order valence-corrected chi connectivity index (χ2v) is 8.19. The lowest BCUT2D eigenvalue weighted by atomic mass is 9.88. The lowest BCUT2D eigenvalue weighted by molar-refractivity contribution is 0.241. The van der Waals surface area contributed by atoms with Gasteiger partial charge in [-0.25, -0.2) is 9.97 Å². The minimum absolute atomic E-state index is 0.0703. The van der Waals surface area contributed by atoms with Gasteiger partial charge in [-0.2, -0.15) is 10.4 Å². The number of aromatic nitrogens is 4. The first-order valence-corrected chi connectivity index (χ1v) is 10.6. The van der Waals surface area contributed by atoms with E-state index < -0.39 is 0 Å². The van der Waals surface area contributed by atoms with Gasteiger partial charge in [-0.1, -0.05) is 6.07 Å².